The van der Waals surface area contributed by atoms with Crippen molar-refractivity contribution in [2.45, 2.75) is 25.0 Å². The number of carbonyl (C=O) groups excluding carboxylic acids is 3. The molecule has 4 aliphatic rings. The highest BCUT2D eigenvalue weighted by Crippen LogP contribution is 2.42. The van der Waals surface area contributed by atoms with E-state index in [2.05, 4.69) is 27.0 Å². The van der Waals surface area contributed by atoms with Crippen LogP contribution in [-0.4, -0.2) is 75.5 Å². The molecule has 214 valence electrons. The lowest BCUT2D eigenvalue weighted by molar-refractivity contribution is -0.136. The first-order chi connectivity index (χ1) is 20.0. The standard InChI is InChI=1S/C28H30N6O7/c29-8-21-20-7-17(26(40-15-35)19(20)1-2-22(21)38-13-16-9-31-10-16)11-30-6-5-18-12-34(28(37)41-18)24-4-3-23-27(32-24)33-25(36)14-39-23/h1-4,15-18,26,30-31H,5-7,9-14H2,(H,32,33,36). The average molecular weight is 563 g/mol. The van der Waals surface area contributed by atoms with E-state index < -0.39 is 12.2 Å². The Labute approximate surface area is 236 Å². The van der Waals surface area contributed by atoms with Crippen molar-refractivity contribution in [3.63, 3.8) is 0 Å². The summed E-state index contributed by atoms with van der Waals surface area (Å²) in [7, 11) is 0. The van der Waals surface area contributed by atoms with Gasteiger partial charge in [0.15, 0.2) is 18.2 Å². The molecule has 2 amide bonds. The molecule has 4 heterocycles. The van der Waals surface area contributed by atoms with Gasteiger partial charge in [0.1, 0.15) is 29.8 Å². The third-order valence-electron chi connectivity index (χ3n) is 7.83. The van der Waals surface area contributed by atoms with E-state index >= 15 is 0 Å². The van der Waals surface area contributed by atoms with Crippen LogP contribution in [0, 0.1) is 23.2 Å². The summed E-state index contributed by atoms with van der Waals surface area (Å²) in [5, 5.41) is 19.2. The number of pyridine rings is 1. The molecule has 1 aromatic heterocycles. The highest BCUT2D eigenvalue weighted by molar-refractivity contribution is 5.95. The van der Waals surface area contributed by atoms with Gasteiger partial charge in [0.2, 0.25) is 0 Å². The summed E-state index contributed by atoms with van der Waals surface area (Å²) >= 11 is 0. The van der Waals surface area contributed by atoms with Gasteiger partial charge in [-0.2, -0.15) is 5.26 Å². The smallest absolute Gasteiger partial charge is 0.415 e. The second-order valence-electron chi connectivity index (χ2n) is 10.5. The summed E-state index contributed by atoms with van der Waals surface area (Å²) in [6, 6.07) is 9.28. The van der Waals surface area contributed by atoms with Crippen LogP contribution >= 0.6 is 0 Å². The van der Waals surface area contributed by atoms with Gasteiger partial charge in [0.05, 0.1) is 18.7 Å². The minimum absolute atomic E-state index is 0.0619. The number of nitrogens with zero attached hydrogens (tertiary/aromatic N) is 3. The predicted molar refractivity (Wildman–Crippen MR) is 144 cm³/mol. The maximum absolute atomic E-state index is 12.5. The van der Waals surface area contributed by atoms with Crippen LogP contribution in [0.1, 0.15) is 29.2 Å². The van der Waals surface area contributed by atoms with Crippen LogP contribution in [-0.2, 0) is 25.5 Å². The first-order valence-electron chi connectivity index (χ1n) is 13.6. The molecular weight excluding hydrogens is 532 g/mol. The van der Waals surface area contributed by atoms with Gasteiger partial charge in [0.25, 0.3) is 12.4 Å². The Hall–Kier alpha value is -4.41. The number of cyclic esters (lactones) is 1. The number of benzene rings is 1. The van der Waals surface area contributed by atoms with Gasteiger partial charge < -0.3 is 34.9 Å². The molecule has 3 aliphatic heterocycles. The van der Waals surface area contributed by atoms with Gasteiger partial charge in [-0.3, -0.25) is 14.5 Å². The van der Waals surface area contributed by atoms with Gasteiger partial charge >= 0.3 is 6.09 Å². The number of hydrogen-bond donors (Lipinski definition) is 3. The van der Waals surface area contributed by atoms with Crippen molar-refractivity contribution in [3.8, 4) is 17.6 Å². The Morgan fingerprint density at radius 3 is 2.90 bits per heavy atom. The van der Waals surface area contributed by atoms with E-state index in [0.29, 0.717) is 74.4 Å². The Morgan fingerprint density at radius 2 is 2.12 bits per heavy atom. The first-order valence-corrected chi connectivity index (χ1v) is 13.6. The summed E-state index contributed by atoms with van der Waals surface area (Å²) < 4.78 is 22.3. The number of carbonyl (C=O) groups is 3. The Bertz CT molecular complexity index is 1390. The van der Waals surface area contributed by atoms with E-state index in [1.807, 2.05) is 6.07 Å². The maximum Gasteiger partial charge on any atom is 0.415 e. The summed E-state index contributed by atoms with van der Waals surface area (Å²) in [4.78, 5) is 41.2. The lowest BCUT2D eigenvalue weighted by Gasteiger charge is -2.27. The molecule has 2 aromatic rings. The van der Waals surface area contributed by atoms with Crippen molar-refractivity contribution in [1.29, 1.82) is 5.26 Å². The van der Waals surface area contributed by atoms with Gasteiger partial charge in [-0.05, 0) is 48.7 Å². The molecule has 2 saturated heterocycles. The quantitative estimate of drug-likeness (QED) is 0.267. The number of amides is 2. The number of rotatable bonds is 11. The van der Waals surface area contributed by atoms with Crippen molar-refractivity contribution in [3.05, 3.63) is 41.0 Å². The zero-order valence-electron chi connectivity index (χ0n) is 22.3. The molecule has 2 fully saturated rings. The summed E-state index contributed by atoms with van der Waals surface area (Å²) in [5.74, 6) is 1.73. The summed E-state index contributed by atoms with van der Waals surface area (Å²) in [6.07, 6.45) is -0.193. The molecule has 3 atom stereocenters. The normalized spacial score (nSPS) is 22.9. The number of anilines is 2. The molecular formula is C28H30N6O7. The molecule has 0 bridgehead atoms. The van der Waals surface area contributed by atoms with Crippen molar-refractivity contribution in [2.75, 3.05) is 56.2 Å². The number of nitriles is 1. The zero-order valence-corrected chi connectivity index (χ0v) is 22.3. The monoisotopic (exact) mass is 562 g/mol. The topological polar surface area (TPSA) is 164 Å². The van der Waals surface area contributed by atoms with Gasteiger partial charge in [-0.15, -0.1) is 0 Å². The van der Waals surface area contributed by atoms with Gasteiger partial charge in [0, 0.05) is 31.5 Å². The number of aromatic nitrogens is 1. The van der Waals surface area contributed by atoms with Crippen LogP contribution in [0.5, 0.6) is 11.5 Å². The van der Waals surface area contributed by atoms with Gasteiger partial charge in [-0.1, -0.05) is 6.07 Å². The Kier molecular flexibility index (Phi) is 7.58. The third kappa shape index (κ3) is 5.48. The van der Waals surface area contributed by atoms with Crippen molar-refractivity contribution < 1.29 is 33.3 Å². The van der Waals surface area contributed by atoms with E-state index in [0.717, 1.165) is 24.2 Å². The first kappa shape index (κ1) is 26.8. The molecule has 1 aliphatic carbocycles. The number of ether oxygens (including phenoxy) is 4. The van der Waals surface area contributed by atoms with E-state index in [-0.39, 0.29) is 30.4 Å². The molecule has 0 spiro atoms. The second-order valence-corrected chi connectivity index (χ2v) is 10.5. The van der Waals surface area contributed by atoms with Crippen LogP contribution in [0.15, 0.2) is 24.3 Å². The Balaban J connectivity index is 1.03. The third-order valence-corrected chi connectivity index (χ3v) is 7.83. The lowest BCUT2D eigenvalue weighted by atomic mass is 10.0. The van der Waals surface area contributed by atoms with Crippen LogP contribution in [0.3, 0.4) is 0 Å². The van der Waals surface area contributed by atoms with E-state index in [4.69, 9.17) is 18.9 Å². The van der Waals surface area contributed by atoms with Crippen LogP contribution < -0.4 is 30.3 Å². The molecule has 13 nitrogen and oxygen atoms in total. The SMILES string of the molecule is N#Cc1c(OCC2CNC2)ccc2c1CC(CNCCC1CN(c3ccc4c(n3)NC(=O)CO4)C(=O)O1)C2OC=O. The highest BCUT2D eigenvalue weighted by Gasteiger charge is 2.37. The minimum Gasteiger partial charge on any atom is -0.492 e. The van der Waals surface area contributed by atoms with E-state index in [1.165, 1.54) is 4.90 Å². The van der Waals surface area contributed by atoms with Crippen LogP contribution in [0.25, 0.3) is 0 Å². The summed E-state index contributed by atoms with van der Waals surface area (Å²) in [5.41, 5.74) is 2.18. The molecule has 13 heteroatoms. The van der Waals surface area contributed by atoms with Gasteiger partial charge in [-0.25, -0.2) is 9.78 Å². The second kappa shape index (κ2) is 11.6. The molecule has 3 N–H and O–H groups in total. The number of fused-ring (bicyclic) bond motifs is 2. The van der Waals surface area contributed by atoms with E-state index in [9.17, 15) is 19.6 Å². The maximum atomic E-state index is 12.5. The largest absolute Gasteiger partial charge is 0.492 e. The molecule has 3 unspecified atom stereocenters. The number of nitrogens with one attached hydrogen (secondary N) is 3. The minimum atomic E-state index is -0.508. The summed E-state index contributed by atoms with van der Waals surface area (Å²) in [6.45, 7) is 4.17. The van der Waals surface area contributed by atoms with Crippen molar-refractivity contribution >= 4 is 30.1 Å². The average Bonchev–Trinajstić information content (AvgIpc) is 3.49. The zero-order chi connectivity index (χ0) is 28.3. The van der Waals surface area contributed by atoms with Crippen molar-refractivity contribution in [1.82, 2.24) is 15.6 Å². The fourth-order valence-electron chi connectivity index (χ4n) is 5.61. The lowest BCUT2D eigenvalue weighted by Crippen LogP contribution is -2.45. The molecule has 1 aromatic carbocycles. The Morgan fingerprint density at radius 1 is 1.24 bits per heavy atom. The molecule has 0 saturated carbocycles. The molecule has 6 rings (SSSR count). The molecule has 41 heavy (non-hydrogen) atoms. The number of hydrogen-bond acceptors (Lipinski definition) is 11. The highest BCUT2D eigenvalue weighted by atomic mass is 16.6. The van der Waals surface area contributed by atoms with Crippen molar-refractivity contribution in [2.24, 2.45) is 11.8 Å². The predicted octanol–water partition coefficient (Wildman–Crippen LogP) is 1.27. The van der Waals surface area contributed by atoms with Crippen LogP contribution in [0.2, 0.25) is 0 Å². The van der Waals surface area contributed by atoms with Crippen LogP contribution in [0.4, 0.5) is 16.4 Å². The fourth-order valence-corrected chi connectivity index (χ4v) is 5.61. The van der Waals surface area contributed by atoms with E-state index in [1.54, 1.807) is 18.2 Å². The molecule has 0 radical (unpaired) electrons. The fraction of sp³-hybridized carbons (Fsp3) is 0.464.